The predicted octanol–water partition coefficient (Wildman–Crippen LogP) is 4.59. The molecule has 1 N–H and O–H groups in total. The lowest BCUT2D eigenvalue weighted by Gasteiger charge is -2.18. The van der Waals surface area contributed by atoms with Crippen molar-refractivity contribution in [2.24, 2.45) is 0 Å². The highest BCUT2D eigenvalue weighted by molar-refractivity contribution is 5.99. The largest absolute Gasteiger partial charge is 0.444 e. The summed E-state index contributed by atoms with van der Waals surface area (Å²) in [5.74, 6) is -1.40. The number of nitro groups is 1. The van der Waals surface area contributed by atoms with Crippen LogP contribution in [0, 0.1) is 17.0 Å². The number of ether oxygens (including phenoxy) is 2. The molecule has 8 heteroatoms. The minimum atomic E-state index is -1.30. The number of methoxy groups -OCH3 is 1. The van der Waals surface area contributed by atoms with E-state index in [2.05, 4.69) is 5.32 Å². The van der Waals surface area contributed by atoms with E-state index >= 15 is 0 Å². The summed E-state index contributed by atoms with van der Waals surface area (Å²) in [6.45, 7) is 2.12. The summed E-state index contributed by atoms with van der Waals surface area (Å²) in [5.41, 5.74) is 2.03. The minimum absolute atomic E-state index is 0.0199. The van der Waals surface area contributed by atoms with Gasteiger partial charge in [0.2, 0.25) is 6.10 Å². The monoisotopic (exact) mass is 434 g/mol. The summed E-state index contributed by atoms with van der Waals surface area (Å²) in [6.07, 6.45) is -1.30. The van der Waals surface area contributed by atoms with E-state index in [0.717, 1.165) is 5.56 Å². The van der Waals surface area contributed by atoms with Gasteiger partial charge >= 0.3 is 5.97 Å². The third-order valence-corrected chi connectivity index (χ3v) is 4.67. The van der Waals surface area contributed by atoms with Gasteiger partial charge in [-0.1, -0.05) is 48.5 Å². The maximum Gasteiger partial charge on any atom is 0.339 e. The number of nitro benzene ring substituents is 1. The van der Waals surface area contributed by atoms with Gasteiger partial charge in [0.15, 0.2) is 0 Å². The Balaban J connectivity index is 1.86. The molecule has 8 nitrogen and oxygen atoms in total. The van der Waals surface area contributed by atoms with E-state index in [1.165, 1.54) is 12.1 Å². The molecule has 0 saturated carbocycles. The van der Waals surface area contributed by atoms with Gasteiger partial charge in [-0.05, 0) is 36.2 Å². The second-order valence-corrected chi connectivity index (χ2v) is 7.09. The molecule has 3 aromatic carbocycles. The van der Waals surface area contributed by atoms with Crippen LogP contribution in [0.5, 0.6) is 0 Å². The summed E-state index contributed by atoms with van der Waals surface area (Å²) >= 11 is 0. The molecule has 3 aromatic rings. The van der Waals surface area contributed by atoms with Crippen molar-refractivity contribution in [1.29, 1.82) is 0 Å². The van der Waals surface area contributed by atoms with Crippen LogP contribution in [0.25, 0.3) is 0 Å². The van der Waals surface area contributed by atoms with E-state index in [0.29, 0.717) is 17.7 Å². The van der Waals surface area contributed by atoms with Crippen molar-refractivity contribution in [3.05, 3.63) is 105 Å². The van der Waals surface area contributed by atoms with Crippen LogP contribution in [0.2, 0.25) is 0 Å². The second kappa shape index (κ2) is 10.3. The zero-order chi connectivity index (χ0) is 23.1. The quantitative estimate of drug-likeness (QED) is 0.316. The van der Waals surface area contributed by atoms with Crippen molar-refractivity contribution < 1.29 is 24.0 Å². The lowest BCUT2D eigenvalue weighted by molar-refractivity contribution is -0.384. The molecule has 0 bridgehead atoms. The van der Waals surface area contributed by atoms with Gasteiger partial charge in [0, 0.05) is 18.7 Å². The molecule has 0 aliphatic rings. The Morgan fingerprint density at radius 1 is 1.03 bits per heavy atom. The van der Waals surface area contributed by atoms with Gasteiger partial charge in [-0.25, -0.2) is 4.79 Å². The van der Waals surface area contributed by atoms with Gasteiger partial charge in [0.05, 0.1) is 17.1 Å². The zero-order valence-corrected chi connectivity index (χ0v) is 17.6. The normalized spacial score (nSPS) is 11.4. The fourth-order valence-electron chi connectivity index (χ4n) is 3.08. The molecule has 1 atom stereocenters. The maximum absolute atomic E-state index is 13.1. The van der Waals surface area contributed by atoms with Crippen molar-refractivity contribution in [2.75, 3.05) is 12.4 Å². The molecule has 1 amide bonds. The molecule has 0 aromatic heterocycles. The van der Waals surface area contributed by atoms with Crippen molar-refractivity contribution in [2.45, 2.75) is 19.6 Å². The SMILES string of the molecule is COCc1ccc(C(=O)OC(C(=O)Nc2ccc(C)cc2[N+](=O)[O-])c2ccccc2)cc1. The molecular weight excluding hydrogens is 412 g/mol. The molecule has 3 rings (SSSR count). The van der Waals surface area contributed by atoms with Crippen LogP contribution < -0.4 is 5.32 Å². The first-order valence-electron chi connectivity index (χ1n) is 9.78. The van der Waals surface area contributed by atoms with Crippen molar-refractivity contribution in [3.63, 3.8) is 0 Å². The first-order valence-corrected chi connectivity index (χ1v) is 9.78. The average molecular weight is 434 g/mol. The number of rotatable bonds is 8. The van der Waals surface area contributed by atoms with E-state index in [9.17, 15) is 19.7 Å². The number of aryl methyl sites for hydroxylation is 1. The molecule has 0 heterocycles. The fraction of sp³-hybridized carbons (Fsp3) is 0.167. The van der Waals surface area contributed by atoms with Gasteiger partial charge in [0.25, 0.3) is 11.6 Å². The lowest BCUT2D eigenvalue weighted by atomic mass is 10.1. The van der Waals surface area contributed by atoms with Crippen molar-refractivity contribution in [1.82, 2.24) is 0 Å². The van der Waals surface area contributed by atoms with Crippen LogP contribution in [-0.2, 0) is 20.9 Å². The molecule has 0 spiro atoms. The predicted molar refractivity (Wildman–Crippen MR) is 118 cm³/mol. The Morgan fingerprint density at radius 2 is 1.72 bits per heavy atom. The van der Waals surface area contributed by atoms with E-state index < -0.39 is 22.9 Å². The third-order valence-electron chi connectivity index (χ3n) is 4.67. The summed E-state index contributed by atoms with van der Waals surface area (Å²) in [6, 6.07) is 19.5. The van der Waals surface area contributed by atoms with Gasteiger partial charge in [-0.3, -0.25) is 14.9 Å². The van der Waals surface area contributed by atoms with Crippen LogP contribution >= 0.6 is 0 Å². The number of hydrogen-bond acceptors (Lipinski definition) is 6. The zero-order valence-electron chi connectivity index (χ0n) is 17.6. The first-order chi connectivity index (χ1) is 15.4. The number of carbonyl (C=O) groups is 2. The van der Waals surface area contributed by atoms with E-state index in [-0.39, 0.29) is 16.9 Å². The van der Waals surface area contributed by atoms with Gasteiger partial charge < -0.3 is 14.8 Å². The minimum Gasteiger partial charge on any atom is -0.444 e. The van der Waals surface area contributed by atoms with Crippen LogP contribution in [-0.4, -0.2) is 23.9 Å². The Hall–Kier alpha value is -4.04. The number of hydrogen-bond donors (Lipinski definition) is 1. The molecule has 164 valence electrons. The third kappa shape index (κ3) is 5.55. The number of amides is 1. The Morgan fingerprint density at radius 3 is 2.34 bits per heavy atom. The Labute approximate surface area is 184 Å². The number of carbonyl (C=O) groups excluding carboxylic acids is 2. The summed E-state index contributed by atoms with van der Waals surface area (Å²) in [5, 5.41) is 13.9. The highest BCUT2D eigenvalue weighted by Crippen LogP contribution is 2.28. The molecule has 1 unspecified atom stereocenters. The van der Waals surface area contributed by atoms with Crippen LogP contribution in [0.1, 0.15) is 33.2 Å². The van der Waals surface area contributed by atoms with Gasteiger partial charge in [0.1, 0.15) is 5.69 Å². The Kier molecular flexibility index (Phi) is 7.30. The maximum atomic E-state index is 13.1. The smallest absolute Gasteiger partial charge is 0.339 e. The van der Waals surface area contributed by atoms with Crippen LogP contribution in [0.15, 0.2) is 72.8 Å². The average Bonchev–Trinajstić information content (AvgIpc) is 2.79. The van der Waals surface area contributed by atoms with Gasteiger partial charge in [-0.15, -0.1) is 0 Å². The molecular formula is C24H22N2O6. The first kappa shape index (κ1) is 22.6. The van der Waals surface area contributed by atoms with Crippen LogP contribution in [0.3, 0.4) is 0 Å². The van der Waals surface area contributed by atoms with E-state index in [1.807, 2.05) is 0 Å². The van der Waals surface area contributed by atoms with Crippen LogP contribution in [0.4, 0.5) is 11.4 Å². The number of benzene rings is 3. The molecule has 0 radical (unpaired) electrons. The second-order valence-electron chi connectivity index (χ2n) is 7.09. The lowest BCUT2D eigenvalue weighted by Crippen LogP contribution is -2.26. The topological polar surface area (TPSA) is 108 Å². The summed E-state index contributed by atoms with van der Waals surface area (Å²) in [7, 11) is 1.57. The van der Waals surface area contributed by atoms with Crippen molar-refractivity contribution >= 4 is 23.3 Å². The summed E-state index contributed by atoms with van der Waals surface area (Å²) < 4.78 is 10.6. The van der Waals surface area contributed by atoms with Crippen molar-refractivity contribution in [3.8, 4) is 0 Å². The highest BCUT2D eigenvalue weighted by atomic mass is 16.6. The molecule has 32 heavy (non-hydrogen) atoms. The number of nitrogens with zero attached hydrogens (tertiary/aromatic N) is 1. The molecule has 0 aliphatic heterocycles. The Bertz CT molecular complexity index is 1110. The highest BCUT2D eigenvalue weighted by Gasteiger charge is 2.27. The molecule has 0 fully saturated rings. The number of nitrogens with one attached hydrogen (secondary N) is 1. The van der Waals surface area contributed by atoms with E-state index in [4.69, 9.17) is 9.47 Å². The molecule has 0 aliphatic carbocycles. The number of anilines is 1. The molecule has 0 saturated heterocycles. The van der Waals surface area contributed by atoms with Gasteiger partial charge in [-0.2, -0.15) is 0 Å². The number of esters is 1. The van der Waals surface area contributed by atoms with E-state index in [1.54, 1.807) is 74.7 Å². The standard InChI is InChI=1S/C24H22N2O6/c1-16-8-13-20(21(14-16)26(29)30)25-23(27)22(18-6-4-3-5-7-18)32-24(28)19-11-9-17(10-12-19)15-31-2/h3-14,22H,15H2,1-2H3,(H,25,27). The summed E-state index contributed by atoms with van der Waals surface area (Å²) in [4.78, 5) is 36.6. The fourth-order valence-corrected chi connectivity index (χ4v) is 3.08.